The summed E-state index contributed by atoms with van der Waals surface area (Å²) in [7, 11) is 0. The number of aromatic nitrogens is 2. The number of nitrogens with zero attached hydrogens (tertiary/aromatic N) is 1. The first-order valence-electron chi connectivity index (χ1n) is 6.17. The molecule has 0 spiro atoms. The maximum absolute atomic E-state index is 11.8. The first-order chi connectivity index (χ1) is 8.44. The highest BCUT2D eigenvalue weighted by molar-refractivity contribution is 5.93. The predicted molar refractivity (Wildman–Crippen MR) is 77.6 cm³/mol. The lowest BCUT2D eigenvalue weighted by atomic mass is 9.90. The summed E-state index contributed by atoms with van der Waals surface area (Å²) in [6, 6.07) is 5.74. The van der Waals surface area contributed by atoms with Gasteiger partial charge < -0.3 is 5.32 Å². The Labute approximate surface area is 110 Å². The molecular weight excluding hydrogens is 226 g/mol. The molecule has 0 saturated heterocycles. The Morgan fingerprint density at radius 3 is 2.94 bits per heavy atom. The van der Waals surface area contributed by atoms with Crippen molar-refractivity contribution >= 4 is 22.5 Å². The second-order valence-corrected chi connectivity index (χ2v) is 5.78. The van der Waals surface area contributed by atoms with Crippen molar-refractivity contribution in [2.75, 3.05) is 5.32 Å². The number of H-pyrrole nitrogens is 1. The molecular formula is C14H23N3O. The molecule has 1 aromatic carbocycles. The molecule has 0 aliphatic rings. The number of carbonyl (C=O) groups excluding carboxylic acids is 1. The molecule has 1 heterocycles. The van der Waals surface area contributed by atoms with E-state index < -0.39 is 0 Å². The van der Waals surface area contributed by atoms with Crippen LogP contribution in [0, 0.1) is 5.41 Å². The van der Waals surface area contributed by atoms with E-state index >= 15 is 0 Å². The average Bonchev–Trinajstić information content (AvgIpc) is 2.72. The number of aromatic amines is 1. The molecule has 1 amide bonds. The number of fused-ring (bicyclic) bond motifs is 1. The van der Waals surface area contributed by atoms with E-state index in [-0.39, 0.29) is 14.2 Å². The number of benzene rings is 1. The third kappa shape index (κ3) is 3.32. The Bertz CT molecular complexity index is 561. The Kier molecular flexibility index (Phi) is 3.36. The quantitative estimate of drug-likeness (QED) is 0.868. The number of nitrogens with one attached hydrogen (secondary N) is 2. The minimum atomic E-state index is 0. The van der Waals surface area contributed by atoms with Crippen molar-refractivity contribution in [3.8, 4) is 0 Å². The van der Waals surface area contributed by atoms with Crippen LogP contribution in [0.2, 0.25) is 0 Å². The zero-order chi connectivity index (χ0) is 13.2. The number of anilines is 1. The second kappa shape index (κ2) is 4.80. The largest absolute Gasteiger partial charge is 0.326 e. The van der Waals surface area contributed by atoms with E-state index in [0.29, 0.717) is 6.42 Å². The van der Waals surface area contributed by atoms with Crippen LogP contribution in [0.1, 0.15) is 36.5 Å². The van der Waals surface area contributed by atoms with E-state index in [4.69, 9.17) is 0 Å². The third-order valence-corrected chi connectivity index (χ3v) is 2.83. The van der Waals surface area contributed by atoms with E-state index in [2.05, 4.69) is 36.3 Å². The van der Waals surface area contributed by atoms with Crippen molar-refractivity contribution in [3.63, 3.8) is 0 Å². The van der Waals surface area contributed by atoms with Gasteiger partial charge >= 0.3 is 0 Å². The summed E-state index contributed by atoms with van der Waals surface area (Å²) in [5, 5.41) is 10.8. The summed E-state index contributed by atoms with van der Waals surface area (Å²) in [6.45, 7) is 6.41. The van der Waals surface area contributed by atoms with Gasteiger partial charge in [-0.25, -0.2) is 0 Å². The summed E-state index contributed by atoms with van der Waals surface area (Å²) in [5.74, 6) is 0.0591. The lowest BCUT2D eigenvalue weighted by Crippen LogP contribution is -2.15. The molecule has 100 valence electrons. The van der Waals surface area contributed by atoms with Crippen LogP contribution in [-0.4, -0.2) is 16.1 Å². The standard InChI is InChI=1S/C14H19N3O.2H2/c1-14(2,3)7-6-13(18)16-11-5-4-10-9-15-17-12(10)8-11;;/h4-5,8-9H,6-7H2,1-3H3,(H,15,17)(H,16,18);2*1H. The lowest BCUT2D eigenvalue weighted by Gasteiger charge is -2.17. The first-order valence-corrected chi connectivity index (χ1v) is 6.17. The molecule has 2 rings (SSSR count). The minimum Gasteiger partial charge on any atom is -0.326 e. The van der Waals surface area contributed by atoms with Crippen LogP contribution in [0.25, 0.3) is 10.9 Å². The van der Waals surface area contributed by atoms with Crippen LogP contribution < -0.4 is 5.32 Å². The number of rotatable bonds is 3. The van der Waals surface area contributed by atoms with Crippen LogP contribution >= 0.6 is 0 Å². The van der Waals surface area contributed by atoms with Gasteiger partial charge in [-0.1, -0.05) is 20.8 Å². The van der Waals surface area contributed by atoms with E-state index in [1.54, 1.807) is 6.20 Å². The average molecular weight is 249 g/mol. The Morgan fingerprint density at radius 2 is 2.22 bits per heavy atom. The van der Waals surface area contributed by atoms with Crippen molar-refractivity contribution < 1.29 is 7.65 Å². The summed E-state index contributed by atoms with van der Waals surface area (Å²) in [5.41, 5.74) is 1.93. The first kappa shape index (κ1) is 12.6. The topological polar surface area (TPSA) is 57.8 Å². The fourth-order valence-electron chi connectivity index (χ4n) is 1.73. The molecule has 2 N–H and O–H groups in total. The molecule has 0 bridgehead atoms. The van der Waals surface area contributed by atoms with Gasteiger partial charge in [-0.3, -0.25) is 9.89 Å². The molecule has 0 aliphatic carbocycles. The van der Waals surface area contributed by atoms with Gasteiger partial charge in [0.2, 0.25) is 5.91 Å². The number of hydrogen-bond donors (Lipinski definition) is 2. The fraction of sp³-hybridized carbons (Fsp3) is 0.429. The second-order valence-electron chi connectivity index (χ2n) is 5.78. The molecule has 0 atom stereocenters. The highest BCUT2D eigenvalue weighted by Crippen LogP contribution is 2.21. The zero-order valence-electron chi connectivity index (χ0n) is 11.1. The smallest absolute Gasteiger partial charge is 0.224 e. The van der Waals surface area contributed by atoms with E-state index in [9.17, 15) is 4.79 Å². The molecule has 0 radical (unpaired) electrons. The molecule has 4 nitrogen and oxygen atoms in total. The van der Waals surface area contributed by atoms with Gasteiger partial charge in [-0.2, -0.15) is 5.10 Å². The third-order valence-electron chi connectivity index (χ3n) is 2.83. The van der Waals surface area contributed by atoms with Crippen molar-refractivity contribution in [1.82, 2.24) is 10.2 Å². The normalized spacial score (nSPS) is 11.7. The van der Waals surface area contributed by atoms with Gasteiger partial charge in [0.1, 0.15) is 0 Å². The maximum Gasteiger partial charge on any atom is 0.224 e. The molecule has 0 unspecified atom stereocenters. The number of carbonyl (C=O) groups is 1. The van der Waals surface area contributed by atoms with Gasteiger partial charge in [0, 0.05) is 20.3 Å². The monoisotopic (exact) mass is 249 g/mol. The number of amides is 1. The fourth-order valence-corrected chi connectivity index (χ4v) is 1.73. The molecule has 18 heavy (non-hydrogen) atoms. The lowest BCUT2D eigenvalue weighted by molar-refractivity contribution is -0.116. The van der Waals surface area contributed by atoms with Crippen LogP contribution in [0.3, 0.4) is 0 Å². The van der Waals surface area contributed by atoms with E-state index in [1.165, 1.54) is 0 Å². The van der Waals surface area contributed by atoms with E-state index in [1.807, 2.05) is 18.2 Å². The van der Waals surface area contributed by atoms with Gasteiger partial charge in [-0.15, -0.1) is 0 Å². The highest BCUT2D eigenvalue weighted by atomic mass is 16.1. The van der Waals surface area contributed by atoms with Gasteiger partial charge in [0.15, 0.2) is 0 Å². The summed E-state index contributed by atoms with van der Waals surface area (Å²) in [4.78, 5) is 11.8. The van der Waals surface area contributed by atoms with Crippen LogP contribution in [0.15, 0.2) is 24.4 Å². The molecule has 0 fully saturated rings. The van der Waals surface area contributed by atoms with Crippen molar-refractivity contribution in [1.29, 1.82) is 0 Å². The van der Waals surface area contributed by atoms with Crippen molar-refractivity contribution in [3.05, 3.63) is 24.4 Å². The van der Waals surface area contributed by atoms with Gasteiger partial charge in [-0.05, 0) is 30.0 Å². The molecule has 0 aliphatic heterocycles. The summed E-state index contributed by atoms with van der Waals surface area (Å²) in [6.07, 6.45) is 3.19. The molecule has 1 aromatic heterocycles. The molecule has 4 heteroatoms. The summed E-state index contributed by atoms with van der Waals surface area (Å²) >= 11 is 0. The highest BCUT2D eigenvalue weighted by Gasteiger charge is 2.13. The van der Waals surface area contributed by atoms with Crippen LogP contribution in [0.5, 0.6) is 0 Å². The Balaban J connectivity index is 0.00000180. The van der Waals surface area contributed by atoms with Crippen molar-refractivity contribution in [2.45, 2.75) is 33.6 Å². The predicted octanol–water partition coefficient (Wildman–Crippen LogP) is 3.82. The SMILES string of the molecule is CC(C)(C)CCC(=O)Nc1ccc2cn[nH]c2c1.[HH].[HH]. The van der Waals surface area contributed by atoms with E-state index in [0.717, 1.165) is 23.0 Å². The Morgan fingerprint density at radius 1 is 1.44 bits per heavy atom. The summed E-state index contributed by atoms with van der Waals surface area (Å²) < 4.78 is 0. The molecule has 2 aromatic rings. The van der Waals surface area contributed by atoms with Gasteiger partial charge in [0.25, 0.3) is 0 Å². The maximum atomic E-state index is 11.8. The van der Waals surface area contributed by atoms with Crippen LogP contribution in [0.4, 0.5) is 5.69 Å². The number of hydrogen-bond acceptors (Lipinski definition) is 2. The molecule has 0 saturated carbocycles. The Hall–Kier alpha value is -1.84. The van der Waals surface area contributed by atoms with Crippen LogP contribution in [-0.2, 0) is 4.79 Å². The van der Waals surface area contributed by atoms with Crippen molar-refractivity contribution in [2.24, 2.45) is 5.41 Å². The minimum absolute atomic E-state index is 0. The van der Waals surface area contributed by atoms with Gasteiger partial charge in [0.05, 0.1) is 11.7 Å². The zero-order valence-corrected chi connectivity index (χ0v) is 11.1.